The van der Waals surface area contributed by atoms with Gasteiger partial charge in [0, 0.05) is 42.7 Å². The summed E-state index contributed by atoms with van der Waals surface area (Å²) in [6.07, 6.45) is 6.50. The van der Waals surface area contributed by atoms with Crippen LogP contribution in [0.15, 0.2) is 0 Å². The zero-order valence-electron chi connectivity index (χ0n) is 18.1. The molecular weight excluding hydrogens is 370 g/mol. The lowest BCUT2D eigenvalue weighted by Crippen LogP contribution is -2.64. The minimum absolute atomic E-state index is 0.122. The van der Waals surface area contributed by atoms with Gasteiger partial charge in [0.05, 0.1) is 5.67 Å². The van der Waals surface area contributed by atoms with Gasteiger partial charge in [0.1, 0.15) is 5.22 Å². The fraction of sp³-hybridized carbons (Fsp3) is 1.00. The molecule has 0 amide bonds. The topological polar surface area (TPSA) is 81.4 Å². The molecule has 0 saturated carbocycles. The van der Waals surface area contributed by atoms with Crippen LogP contribution < -0.4 is 5.73 Å². The lowest BCUT2D eigenvalue weighted by atomic mass is 10.1. The van der Waals surface area contributed by atoms with Gasteiger partial charge in [-0.25, -0.2) is 0 Å². The van der Waals surface area contributed by atoms with Crippen molar-refractivity contribution in [2.75, 3.05) is 42.7 Å². The Kier molecular flexibility index (Phi) is 12.7. The number of ether oxygens (including phenoxy) is 1. The summed E-state index contributed by atoms with van der Waals surface area (Å²) in [4.78, 5) is 0. The van der Waals surface area contributed by atoms with Crippen molar-refractivity contribution in [3.63, 3.8) is 0 Å². The summed E-state index contributed by atoms with van der Waals surface area (Å²) < 4.78 is 32.9. The van der Waals surface area contributed by atoms with E-state index in [0.29, 0.717) is 0 Å². The minimum atomic E-state index is -2.54. The van der Waals surface area contributed by atoms with Crippen LogP contribution in [0.2, 0.25) is 6.04 Å². The van der Waals surface area contributed by atoms with E-state index in [9.17, 15) is 0 Å². The van der Waals surface area contributed by atoms with Crippen LogP contribution in [0.4, 0.5) is 0 Å². The highest BCUT2D eigenvalue weighted by molar-refractivity contribution is 6.70. The molecule has 0 aromatic heterocycles. The molecule has 0 bridgehead atoms. The molecule has 2 atom stereocenters. The molecule has 1 rings (SSSR count). The second-order valence-electron chi connectivity index (χ2n) is 6.55. The Morgan fingerprint density at radius 1 is 0.962 bits per heavy atom. The summed E-state index contributed by atoms with van der Waals surface area (Å²) >= 11 is 0. The van der Waals surface area contributed by atoms with Crippen LogP contribution in [-0.4, -0.2) is 70.9 Å². The molecule has 26 heavy (non-hydrogen) atoms. The van der Waals surface area contributed by atoms with Crippen LogP contribution in [0.1, 0.15) is 52.4 Å². The molecule has 1 saturated heterocycles. The second kappa shape index (κ2) is 12.6. The number of nitrogens with two attached hydrogens (primary N) is 1. The molecule has 1 fully saturated rings. The van der Waals surface area contributed by atoms with Crippen LogP contribution in [0.3, 0.4) is 0 Å². The molecule has 0 spiro atoms. The second-order valence-corrected chi connectivity index (χ2v) is 13.5. The van der Waals surface area contributed by atoms with Crippen LogP contribution in [0.25, 0.3) is 0 Å². The van der Waals surface area contributed by atoms with Crippen molar-refractivity contribution in [3.05, 3.63) is 0 Å². The summed E-state index contributed by atoms with van der Waals surface area (Å²) in [6.45, 7) is 4.17. The van der Waals surface area contributed by atoms with Gasteiger partial charge in [-0.1, -0.05) is 33.1 Å². The Morgan fingerprint density at radius 3 is 1.81 bits per heavy atom. The van der Waals surface area contributed by atoms with E-state index in [0.717, 1.165) is 31.7 Å². The Hall–Kier alpha value is 0.154. The number of hydrogen-bond donors (Lipinski definition) is 1. The van der Waals surface area contributed by atoms with E-state index in [-0.39, 0.29) is 10.9 Å². The summed E-state index contributed by atoms with van der Waals surface area (Å²) in [6, 6.07) is 1.06. The first-order valence-electron chi connectivity index (χ1n) is 9.43. The van der Waals surface area contributed by atoms with E-state index in [2.05, 4.69) is 6.92 Å². The number of methoxy groups -OCH3 is 1. The minimum Gasteiger partial charge on any atom is -0.396 e. The van der Waals surface area contributed by atoms with Crippen molar-refractivity contribution < 1.29 is 26.9 Å². The Balaban J connectivity index is 0.000000508. The zero-order chi connectivity index (χ0) is 20.3. The Morgan fingerprint density at radius 2 is 1.50 bits per heavy atom. The molecule has 0 radical (unpaired) electrons. The lowest BCUT2D eigenvalue weighted by Gasteiger charge is -2.47. The molecule has 0 aromatic carbocycles. The standard InChI is InChI=1S/C11H24O3Si.C6H17NO3Si/c1-5-8-11(12-2)9-6-7-10-15(11,13-3)14-4;1-5-6(7)11(8-2,9-3)10-4/h5-10H2,1-4H3;6H,5,7H2,1-4H3. The largest absolute Gasteiger partial charge is 0.517 e. The van der Waals surface area contributed by atoms with Gasteiger partial charge in [0.25, 0.3) is 0 Å². The third kappa shape index (κ3) is 5.58. The third-order valence-corrected chi connectivity index (χ3v) is 12.9. The van der Waals surface area contributed by atoms with Gasteiger partial charge < -0.3 is 32.6 Å². The van der Waals surface area contributed by atoms with Crippen LogP contribution >= 0.6 is 0 Å². The van der Waals surface area contributed by atoms with Crippen molar-refractivity contribution >= 4 is 17.4 Å². The van der Waals surface area contributed by atoms with Crippen molar-refractivity contribution in [1.82, 2.24) is 0 Å². The van der Waals surface area contributed by atoms with Gasteiger partial charge in [0.2, 0.25) is 0 Å². The summed E-state index contributed by atoms with van der Waals surface area (Å²) in [5.74, 6) is 0. The van der Waals surface area contributed by atoms with E-state index >= 15 is 0 Å². The Labute approximate surface area is 162 Å². The summed E-state index contributed by atoms with van der Waals surface area (Å²) in [7, 11) is 5.37. The first-order chi connectivity index (χ1) is 12.4. The van der Waals surface area contributed by atoms with Gasteiger partial charge in [-0.05, 0) is 25.3 Å². The molecule has 7 nitrogen and oxygen atoms in total. The first-order valence-corrected chi connectivity index (χ1v) is 13.3. The van der Waals surface area contributed by atoms with E-state index in [1.54, 1.807) is 42.7 Å². The molecular formula is C17H41NO6Si2. The molecule has 9 heteroatoms. The maximum absolute atomic E-state index is 5.83. The molecule has 158 valence electrons. The van der Waals surface area contributed by atoms with Gasteiger partial charge >= 0.3 is 17.4 Å². The molecule has 1 aliphatic rings. The lowest BCUT2D eigenvalue weighted by molar-refractivity contribution is -0.0149. The molecule has 0 aromatic rings. The number of rotatable bonds is 10. The van der Waals surface area contributed by atoms with Crippen LogP contribution in [-0.2, 0) is 26.9 Å². The van der Waals surface area contributed by atoms with Crippen molar-refractivity contribution in [1.29, 1.82) is 0 Å². The predicted molar refractivity (Wildman–Crippen MR) is 108 cm³/mol. The summed E-state index contributed by atoms with van der Waals surface area (Å²) in [5.41, 5.74) is 5.63. The average Bonchev–Trinajstić information content (AvgIpc) is 2.70. The smallest absolute Gasteiger partial charge is 0.396 e. The van der Waals surface area contributed by atoms with Gasteiger partial charge in [0.15, 0.2) is 0 Å². The fourth-order valence-corrected chi connectivity index (χ4v) is 9.78. The monoisotopic (exact) mass is 411 g/mol. The maximum atomic E-state index is 5.83. The van der Waals surface area contributed by atoms with Gasteiger partial charge in [-0.15, -0.1) is 0 Å². The number of hydrogen-bond acceptors (Lipinski definition) is 7. The van der Waals surface area contributed by atoms with Crippen LogP contribution in [0, 0.1) is 0 Å². The quantitative estimate of drug-likeness (QED) is 0.554. The van der Waals surface area contributed by atoms with E-state index in [1.165, 1.54) is 12.8 Å². The molecule has 0 aliphatic carbocycles. The average molecular weight is 412 g/mol. The maximum Gasteiger partial charge on any atom is 0.517 e. The van der Waals surface area contributed by atoms with E-state index in [4.69, 9.17) is 32.6 Å². The highest BCUT2D eigenvalue weighted by Gasteiger charge is 2.58. The SMILES string of the molecule is CCC(N)[Si](OC)(OC)OC.CCCC1(OC)CCCC[Si]1(OC)OC. The van der Waals surface area contributed by atoms with E-state index in [1.807, 2.05) is 6.92 Å². The molecule has 2 unspecified atom stereocenters. The zero-order valence-corrected chi connectivity index (χ0v) is 20.1. The highest BCUT2D eigenvalue weighted by atomic mass is 28.4. The van der Waals surface area contributed by atoms with Crippen molar-refractivity contribution in [2.45, 2.75) is 69.3 Å². The van der Waals surface area contributed by atoms with Crippen molar-refractivity contribution in [3.8, 4) is 0 Å². The Bertz CT molecular complexity index is 357. The third-order valence-electron chi connectivity index (χ3n) is 5.48. The molecule has 1 aliphatic heterocycles. The summed E-state index contributed by atoms with van der Waals surface area (Å²) in [5, 5.41) is -0.122. The highest BCUT2D eigenvalue weighted by Crippen LogP contribution is 2.42. The molecule has 2 N–H and O–H groups in total. The van der Waals surface area contributed by atoms with Crippen LogP contribution in [0.5, 0.6) is 0 Å². The first kappa shape index (κ1) is 26.2. The van der Waals surface area contributed by atoms with E-state index < -0.39 is 17.4 Å². The van der Waals surface area contributed by atoms with Gasteiger partial charge in [-0.2, -0.15) is 0 Å². The van der Waals surface area contributed by atoms with Gasteiger partial charge in [-0.3, -0.25) is 0 Å². The molecule has 1 heterocycles. The van der Waals surface area contributed by atoms with Crippen molar-refractivity contribution in [2.24, 2.45) is 5.73 Å². The predicted octanol–water partition coefficient (Wildman–Crippen LogP) is 2.77. The fourth-order valence-electron chi connectivity index (χ4n) is 3.88. The normalized spacial score (nSPS) is 23.9.